The van der Waals surface area contributed by atoms with E-state index in [1.807, 2.05) is 20.0 Å². The molecule has 1 aromatic rings. The van der Waals surface area contributed by atoms with Gasteiger partial charge in [-0.05, 0) is 50.1 Å². The predicted octanol–water partition coefficient (Wildman–Crippen LogP) is 2.87. The van der Waals surface area contributed by atoms with Crippen LogP contribution in [0.15, 0.2) is 18.2 Å². The quantitative estimate of drug-likeness (QED) is 0.893. The Bertz CT molecular complexity index is 407. The Kier molecular flexibility index (Phi) is 4.36. The SMILES string of the molecule is Cc1cc(F)ccc1CN(C)C1CCCCC1O. The zero-order valence-corrected chi connectivity index (χ0v) is 11.2. The van der Waals surface area contributed by atoms with Gasteiger partial charge in [-0.1, -0.05) is 18.9 Å². The fraction of sp³-hybridized carbons (Fsp3) is 0.600. The first-order chi connectivity index (χ1) is 8.58. The maximum Gasteiger partial charge on any atom is 0.123 e. The Hall–Kier alpha value is -0.930. The Morgan fingerprint density at radius 3 is 2.72 bits per heavy atom. The van der Waals surface area contributed by atoms with E-state index in [1.165, 1.54) is 12.5 Å². The van der Waals surface area contributed by atoms with E-state index in [-0.39, 0.29) is 18.0 Å². The second-order valence-electron chi connectivity index (χ2n) is 5.41. The van der Waals surface area contributed by atoms with Gasteiger partial charge in [-0.15, -0.1) is 0 Å². The van der Waals surface area contributed by atoms with E-state index in [0.717, 1.165) is 36.9 Å². The number of benzene rings is 1. The number of hydrogen-bond acceptors (Lipinski definition) is 2. The minimum atomic E-state index is -0.218. The third kappa shape index (κ3) is 3.09. The summed E-state index contributed by atoms with van der Waals surface area (Å²) in [6.07, 6.45) is 4.05. The van der Waals surface area contributed by atoms with Crippen molar-refractivity contribution in [3.63, 3.8) is 0 Å². The first-order valence-corrected chi connectivity index (χ1v) is 6.71. The average molecular weight is 251 g/mol. The summed E-state index contributed by atoms with van der Waals surface area (Å²) in [5.74, 6) is -0.184. The second-order valence-corrected chi connectivity index (χ2v) is 5.41. The van der Waals surface area contributed by atoms with Crippen LogP contribution in [0.5, 0.6) is 0 Å². The summed E-state index contributed by atoms with van der Waals surface area (Å²) >= 11 is 0. The minimum absolute atomic E-state index is 0.184. The van der Waals surface area contributed by atoms with Crippen LogP contribution in [0, 0.1) is 12.7 Å². The molecule has 3 heteroatoms. The minimum Gasteiger partial charge on any atom is -0.391 e. The Labute approximate surface area is 108 Å². The first-order valence-electron chi connectivity index (χ1n) is 6.71. The number of nitrogens with zero attached hydrogens (tertiary/aromatic N) is 1. The van der Waals surface area contributed by atoms with Gasteiger partial charge in [-0.25, -0.2) is 4.39 Å². The van der Waals surface area contributed by atoms with Crippen molar-refractivity contribution in [1.29, 1.82) is 0 Å². The van der Waals surface area contributed by atoms with Gasteiger partial charge < -0.3 is 5.11 Å². The monoisotopic (exact) mass is 251 g/mol. The number of halogens is 1. The van der Waals surface area contributed by atoms with E-state index in [0.29, 0.717) is 0 Å². The highest BCUT2D eigenvalue weighted by atomic mass is 19.1. The van der Waals surface area contributed by atoms with E-state index in [4.69, 9.17) is 0 Å². The number of likely N-dealkylation sites (N-methyl/N-ethyl adjacent to an activating group) is 1. The molecule has 2 unspecified atom stereocenters. The molecule has 0 aromatic heterocycles. The molecule has 18 heavy (non-hydrogen) atoms. The third-order valence-electron chi connectivity index (χ3n) is 3.98. The van der Waals surface area contributed by atoms with Crippen molar-refractivity contribution in [2.75, 3.05) is 7.05 Å². The maximum atomic E-state index is 13.0. The zero-order chi connectivity index (χ0) is 13.1. The lowest BCUT2D eigenvalue weighted by molar-refractivity contribution is 0.0287. The highest BCUT2D eigenvalue weighted by Crippen LogP contribution is 2.24. The fourth-order valence-electron chi connectivity index (χ4n) is 2.83. The highest BCUT2D eigenvalue weighted by Gasteiger charge is 2.26. The number of aliphatic hydroxyl groups is 1. The van der Waals surface area contributed by atoms with Gasteiger partial charge in [0.2, 0.25) is 0 Å². The topological polar surface area (TPSA) is 23.5 Å². The van der Waals surface area contributed by atoms with Crippen LogP contribution in [0.25, 0.3) is 0 Å². The van der Waals surface area contributed by atoms with Crippen molar-refractivity contribution < 1.29 is 9.50 Å². The van der Waals surface area contributed by atoms with Crippen molar-refractivity contribution in [3.05, 3.63) is 35.1 Å². The number of aryl methyl sites for hydroxylation is 1. The van der Waals surface area contributed by atoms with Crippen LogP contribution in [0.4, 0.5) is 4.39 Å². The molecule has 2 nitrogen and oxygen atoms in total. The van der Waals surface area contributed by atoms with E-state index in [1.54, 1.807) is 6.07 Å². The lowest BCUT2D eigenvalue weighted by Crippen LogP contribution is -2.42. The molecule has 1 fully saturated rings. The molecule has 0 aliphatic heterocycles. The van der Waals surface area contributed by atoms with Gasteiger partial charge in [0.15, 0.2) is 0 Å². The van der Waals surface area contributed by atoms with Crippen LogP contribution in [0.3, 0.4) is 0 Å². The van der Waals surface area contributed by atoms with Crippen molar-refractivity contribution in [2.45, 2.75) is 51.3 Å². The summed E-state index contributed by atoms with van der Waals surface area (Å²) in [5, 5.41) is 10.0. The van der Waals surface area contributed by atoms with E-state index in [2.05, 4.69) is 4.90 Å². The van der Waals surface area contributed by atoms with Crippen molar-refractivity contribution >= 4 is 0 Å². The van der Waals surface area contributed by atoms with Crippen LogP contribution in [-0.2, 0) is 6.54 Å². The molecule has 0 heterocycles. The maximum absolute atomic E-state index is 13.0. The molecule has 0 radical (unpaired) electrons. The van der Waals surface area contributed by atoms with E-state index >= 15 is 0 Å². The standard InChI is InChI=1S/C15H22FNO/c1-11-9-13(16)8-7-12(11)10-17(2)14-5-3-4-6-15(14)18/h7-9,14-15,18H,3-6,10H2,1-2H3. The van der Waals surface area contributed by atoms with Gasteiger partial charge in [0.1, 0.15) is 5.82 Å². The normalized spacial score (nSPS) is 24.5. The summed E-state index contributed by atoms with van der Waals surface area (Å²) < 4.78 is 13.0. The lowest BCUT2D eigenvalue weighted by atomic mass is 9.91. The predicted molar refractivity (Wildman–Crippen MR) is 70.9 cm³/mol. The molecule has 0 amide bonds. The van der Waals surface area contributed by atoms with Gasteiger partial charge in [-0.3, -0.25) is 4.90 Å². The average Bonchev–Trinajstić information content (AvgIpc) is 2.33. The number of hydrogen-bond donors (Lipinski definition) is 1. The second kappa shape index (κ2) is 5.81. The van der Waals surface area contributed by atoms with Crippen LogP contribution >= 0.6 is 0 Å². The summed E-state index contributed by atoms with van der Waals surface area (Å²) in [4.78, 5) is 2.20. The Balaban J connectivity index is 2.03. The van der Waals surface area contributed by atoms with Gasteiger partial charge in [0, 0.05) is 12.6 Å². The highest BCUT2D eigenvalue weighted by molar-refractivity contribution is 5.26. The van der Waals surface area contributed by atoms with Crippen molar-refractivity contribution in [3.8, 4) is 0 Å². The van der Waals surface area contributed by atoms with Gasteiger partial charge in [-0.2, -0.15) is 0 Å². The summed E-state index contributed by atoms with van der Waals surface area (Å²) in [6.45, 7) is 2.71. The smallest absolute Gasteiger partial charge is 0.123 e. The number of rotatable bonds is 3. The van der Waals surface area contributed by atoms with Crippen LogP contribution in [-0.4, -0.2) is 29.2 Å². The number of aliphatic hydroxyl groups excluding tert-OH is 1. The summed E-state index contributed by atoms with van der Waals surface area (Å²) in [6, 6.07) is 5.16. The van der Waals surface area contributed by atoms with Gasteiger partial charge in [0.25, 0.3) is 0 Å². The molecule has 1 N–H and O–H groups in total. The third-order valence-corrected chi connectivity index (χ3v) is 3.98. The fourth-order valence-corrected chi connectivity index (χ4v) is 2.83. The summed E-state index contributed by atoms with van der Waals surface area (Å²) in [5.41, 5.74) is 2.11. The molecule has 1 aliphatic rings. The molecule has 0 spiro atoms. The zero-order valence-electron chi connectivity index (χ0n) is 11.2. The lowest BCUT2D eigenvalue weighted by Gasteiger charge is -2.35. The molecule has 2 rings (SSSR count). The molecule has 0 bridgehead atoms. The van der Waals surface area contributed by atoms with Crippen molar-refractivity contribution in [2.24, 2.45) is 0 Å². The van der Waals surface area contributed by atoms with Crippen LogP contribution in [0.2, 0.25) is 0 Å². The molecule has 1 aliphatic carbocycles. The van der Waals surface area contributed by atoms with Gasteiger partial charge in [0.05, 0.1) is 6.10 Å². The summed E-state index contributed by atoms with van der Waals surface area (Å²) in [7, 11) is 2.04. The molecule has 0 saturated heterocycles. The molecule has 100 valence electrons. The molecule has 1 saturated carbocycles. The molecule has 1 aromatic carbocycles. The van der Waals surface area contributed by atoms with Crippen LogP contribution in [0.1, 0.15) is 36.8 Å². The largest absolute Gasteiger partial charge is 0.391 e. The first kappa shape index (κ1) is 13.5. The van der Waals surface area contributed by atoms with E-state index < -0.39 is 0 Å². The Morgan fingerprint density at radius 1 is 1.33 bits per heavy atom. The van der Waals surface area contributed by atoms with Crippen molar-refractivity contribution in [1.82, 2.24) is 4.90 Å². The molecular formula is C15H22FNO. The molecule has 2 atom stereocenters. The molecular weight excluding hydrogens is 229 g/mol. The van der Waals surface area contributed by atoms with Crippen LogP contribution < -0.4 is 0 Å². The Morgan fingerprint density at radius 2 is 2.06 bits per heavy atom. The van der Waals surface area contributed by atoms with E-state index in [9.17, 15) is 9.50 Å². The van der Waals surface area contributed by atoms with Gasteiger partial charge >= 0.3 is 0 Å².